The highest BCUT2D eigenvalue weighted by Gasteiger charge is 2.21. The summed E-state index contributed by atoms with van der Waals surface area (Å²) in [6.45, 7) is 0. The highest BCUT2D eigenvalue weighted by atomic mass is 32.2. The Morgan fingerprint density at radius 1 is 0.955 bits per heavy atom. The second kappa shape index (κ2) is 7.38. The zero-order valence-corrected chi connectivity index (χ0v) is 13.8. The molecule has 0 unspecified atom stereocenters. The van der Waals surface area contributed by atoms with Crippen LogP contribution in [0.25, 0.3) is 4.91 Å². The van der Waals surface area contributed by atoms with Crippen molar-refractivity contribution < 1.29 is 8.42 Å². The number of aryl methyl sites for hydroxylation is 1. The van der Waals surface area contributed by atoms with Gasteiger partial charge in [-0.15, -0.1) is 0 Å². The predicted octanol–water partition coefficient (Wildman–Crippen LogP) is 3.55. The highest BCUT2D eigenvalue weighted by molar-refractivity contribution is 7.98. The summed E-state index contributed by atoms with van der Waals surface area (Å²) < 4.78 is 26.3. The van der Waals surface area contributed by atoms with E-state index >= 15 is 0 Å². The summed E-state index contributed by atoms with van der Waals surface area (Å²) in [6.07, 6.45) is 3.32. The number of benzene rings is 2. The zero-order chi connectivity index (χ0) is 16.0. The fraction of sp³-hybridized carbons (Fsp3) is 0.222. The lowest BCUT2D eigenvalue weighted by molar-refractivity contribution is 0.532. The number of hydrogen-bond donors (Lipinski definition) is 0. The van der Waals surface area contributed by atoms with E-state index in [1.807, 2.05) is 54.6 Å². The smallest absolute Gasteiger partial charge is 0.207 e. The maximum atomic E-state index is 12.5. The van der Waals surface area contributed by atoms with E-state index in [0.717, 1.165) is 12.0 Å². The fourth-order valence-electron chi connectivity index (χ4n) is 2.19. The van der Waals surface area contributed by atoms with Gasteiger partial charge in [-0.25, -0.2) is 12.7 Å². The van der Waals surface area contributed by atoms with Crippen LogP contribution in [0.4, 0.5) is 0 Å². The van der Waals surface area contributed by atoms with Crippen LogP contribution < -0.4 is 0 Å². The molecule has 4 heteroatoms. The number of sulfonamides is 1. The van der Waals surface area contributed by atoms with Gasteiger partial charge in [-0.3, -0.25) is 0 Å². The molecule has 0 fully saturated rings. The standard InChI is InChI=1S/C18H21NO2S/c1-19(2)22(20,21)18(17-13-7-4-8-14-17)15-9-12-16-10-5-3-6-11-16/h3-8,10-11,13-15H,9,12H2,1-2H3/b18-15+. The van der Waals surface area contributed by atoms with Crippen LogP contribution in [0, 0.1) is 0 Å². The molecule has 3 nitrogen and oxygen atoms in total. The van der Waals surface area contributed by atoms with Crippen molar-refractivity contribution in [1.82, 2.24) is 4.31 Å². The second-order valence-corrected chi connectivity index (χ2v) is 7.37. The van der Waals surface area contributed by atoms with Crippen LogP contribution in [-0.2, 0) is 16.4 Å². The minimum atomic E-state index is -3.45. The average Bonchev–Trinajstić information content (AvgIpc) is 2.53. The highest BCUT2D eigenvalue weighted by Crippen LogP contribution is 2.24. The van der Waals surface area contributed by atoms with Crippen molar-refractivity contribution in [2.75, 3.05) is 14.1 Å². The largest absolute Gasteiger partial charge is 0.242 e. The molecule has 2 rings (SSSR count). The van der Waals surface area contributed by atoms with E-state index in [1.54, 1.807) is 14.1 Å². The summed E-state index contributed by atoms with van der Waals surface area (Å²) in [4.78, 5) is 0.369. The van der Waals surface area contributed by atoms with E-state index in [-0.39, 0.29) is 0 Å². The maximum Gasteiger partial charge on any atom is 0.242 e. The van der Waals surface area contributed by atoms with Gasteiger partial charge in [-0.05, 0) is 24.0 Å². The van der Waals surface area contributed by atoms with Gasteiger partial charge in [0.2, 0.25) is 10.0 Å². The lowest BCUT2D eigenvalue weighted by Gasteiger charge is -2.15. The molecule has 116 valence electrons. The molecule has 0 bridgehead atoms. The van der Waals surface area contributed by atoms with Crippen LogP contribution in [0.3, 0.4) is 0 Å². The maximum absolute atomic E-state index is 12.5. The third-order valence-corrected chi connectivity index (χ3v) is 5.34. The van der Waals surface area contributed by atoms with Gasteiger partial charge < -0.3 is 0 Å². The van der Waals surface area contributed by atoms with Crippen molar-refractivity contribution >= 4 is 14.9 Å². The monoisotopic (exact) mass is 315 g/mol. The van der Waals surface area contributed by atoms with Gasteiger partial charge in [-0.2, -0.15) is 0 Å². The van der Waals surface area contributed by atoms with E-state index in [0.29, 0.717) is 11.3 Å². The number of hydrogen-bond acceptors (Lipinski definition) is 2. The van der Waals surface area contributed by atoms with Crippen LogP contribution in [0.5, 0.6) is 0 Å². The van der Waals surface area contributed by atoms with Crippen LogP contribution in [0.1, 0.15) is 17.5 Å². The van der Waals surface area contributed by atoms with Gasteiger partial charge >= 0.3 is 0 Å². The van der Waals surface area contributed by atoms with Gasteiger partial charge in [0.05, 0.1) is 4.91 Å². The van der Waals surface area contributed by atoms with Crippen molar-refractivity contribution in [2.45, 2.75) is 12.8 Å². The number of rotatable bonds is 6. The lowest BCUT2D eigenvalue weighted by Crippen LogP contribution is -2.23. The summed E-state index contributed by atoms with van der Waals surface area (Å²) in [6, 6.07) is 19.3. The van der Waals surface area contributed by atoms with Crippen molar-refractivity contribution in [3.8, 4) is 0 Å². The molecule has 0 atom stereocenters. The molecule has 0 N–H and O–H groups in total. The van der Waals surface area contributed by atoms with E-state index in [1.165, 1.54) is 9.87 Å². The molecule has 2 aromatic carbocycles. The van der Waals surface area contributed by atoms with E-state index in [2.05, 4.69) is 12.1 Å². The molecule has 22 heavy (non-hydrogen) atoms. The molecule has 0 aromatic heterocycles. The van der Waals surface area contributed by atoms with E-state index < -0.39 is 10.0 Å². The number of nitrogens with zero attached hydrogens (tertiary/aromatic N) is 1. The Hall–Kier alpha value is -1.91. The van der Waals surface area contributed by atoms with Crippen LogP contribution in [0.2, 0.25) is 0 Å². The molecule has 0 aliphatic heterocycles. The first-order valence-electron chi connectivity index (χ1n) is 7.24. The minimum absolute atomic E-state index is 0.369. The van der Waals surface area contributed by atoms with Gasteiger partial charge in [0.1, 0.15) is 0 Å². The van der Waals surface area contributed by atoms with Gasteiger partial charge in [0, 0.05) is 14.1 Å². The molecule has 2 aromatic rings. The quantitative estimate of drug-likeness (QED) is 0.817. The Kier molecular flexibility index (Phi) is 5.52. The summed E-state index contributed by atoms with van der Waals surface area (Å²) in [5, 5.41) is 0. The van der Waals surface area contributed by atoms with Gasteiger partial charge in [0.15, 0.2) is 0 Å². The van der Waals surface area contributed by atoms with E-state index in [9.17, 15) is 8.42 Å². The van der Waals surface area contributed by atoms with Crippen molar-refractivity contribution in [3.63, 3.8) is 0 Å². The molecule has 0 saturated carbocycles. The Morgan fingerprint density at radius 2 is 1.50 bits per heavy atom. The summed E-state index contributed by atoms with van der Waals surface area (Å²) in [5.41, 5.74) is 1.93. The van der Waals surface area contributed by atoms with Crippen molar-refractivity contribution in [3.05, 3.63) is 77.9 Å². The van der Waals surface area contributed by atoms with Crippen LogP contribution >= 0.6 is 0 Å². The summed E-state index contributed by atoms with van der Waals surface area (Å²) in [7, 11) is -0.334. The molecule has 0 aliphatic carbocycles. The topological polar surface area (TPSA) is 37.4 Å². The first kappa shape index (κ1) is 16.5. The fourth-order valence-corrected chi connectivity index (χ4v) is 3.34. The predicted molar refractivity (Wildman–Crippen MR) is 91.8 cm³/mol. The molecule has 0 aliphatic rings. The molecular weight excluding hydrogens is 294 g/mol. The molecule has 0 spiro atoms. The number of allylic oxidation sites excluding steroid dienone is 1. The lowest BCUT2D eigenvalue weighted by atomic mass is 10.1. The molecule has 0 saturated heterocycles. The SMILES string of the molecule is CN(C)S(=O)(=O)/C(=C/CCc1ccccc1)c1ccccc1. The Bertz CT molecular complexity index is 720. The Morgan fingerprint density at radius 3 is 2.05 bits per heavy atom. The molecule has 0 radical (unpaired) electrons. The summed E-state index contributed by atoms with van der Waals surface area (Å²) >= 11 is 0. The third kappa shape index (κ3) is 4.06. The first-order valence-corrected chi connectivity index (χ1v) is 8.68. The molecule has 0 heterocycles. The Balaban J connectivity index is 2.27. The second-order valence-electron chi connectivity index (χ2n) is 5.25. The van der Waals surface area contributed by atoms with Crippen molar-refractivity contribution in [1.29, 1.82) is 0 Å². The normalized spacial score (nSPS) is 12.6. The Labute approximate surface area is 133 Å². The third-order valence-electron chi connectivity index (χ3n) is 3.42. The average molecular weight is 315 g/mol. The van der Waals surface area contributed by atoms with Crippen LogP contribution in [0.15, 0.2) is 66.7 Å². The molecule has 0 amide bonds. The van der Waals surface area contributed by atoms with E-state index in [4.69, 9.17) is 0 Å². The van der Waals surface area contributed by atoms with Gasteiger partial charge in [-0.1, -0.05) is 66.7 Å². The minimum Gasteiger partial charge on any atom is -0.207 e. The van der Waals surface area contributed by atoms with Crippen LogP contribution in [-0.4, -0.2) is 26.8 Å². The van der Waals surface area contributed by atoms with Crippen molar-refractivity contribution in [2.24, 2.45) is 0 Å². The first-order chi connectivity index (χ1) is 10.5. The zero-order valence-electron chi connectivity index (χ0n) is 12.9. The van der Waals surface area contributed by atoms with Gasteiger partial charge in [0.25, 0.3) is 0 Å². The molecular formula is C18H21NO2S. The summed E-state index contributed by atoms with van der Waals surface area (Å²) in [5.74, 6) is 0.